The Balaban J connectivity index is 1.57. The number of benzene rings is 3. The molecule has 0 radical (unpaired) electrons. The van der Waals surface area contributed by atoms with Crippen molar-refractivity contribution in [3.8, 4) is 5.88 Å². The number of aromatic nitrogens is 1. The quantitative estimate of drug-likeness (QED) is 0.287. The number of aromatic hydroxyl groups is 1. The molecule has 0 fully saturated rings. The molecule has 0 aliphatic heterocycles. The number of carbonyl (C=O) groups excluding carboxylic acids is 1. The third kappa shape index (κ3) is 4.60. The molecule has 0 atom stereocenters. The molecule has 4 aromatic rings. The van der Waals surface area contributed by atoms with Gasteiger partial charge >= 0.3 is 5.97 Å². The average Bonchev–Trinajstić information content (AvgIpc) is 3.11. The zero-order valence-corrected chi connectivity index (χ0v) is 17.3. The number of azo groups is 1. The number of hydrogen-bond donors (Lipinski definition) is 4. The van der Waals surface area contributed by atoms with E-state index in [0.29, 0.717) is 33.7 Å². The summed E-state index contributed by atoms with van der Waals surface area (Å²) in [4.78, 5) is 26.5. The SMILES string of the molecule is O=C(O)c1cccc(N=Nc2c(O)[nH]c3ccc(C(=O)NCc4ccc(Cl)cc4)cc23)c1. The van der Waals surface area contributed by atoms with Gasteiger partial charge in [-0.2, -0.15) is 5.11 Å². The molecule has 4 N–H and O–H groups in total. The Bertz CT molecular complexity index is 1350. The number of rotatable bonds is 6. The van der Waals surface area contributed by atoms with Crippen LogP contribution in [-0.4, -0.2) is 27.1 Å². The molecular formula is C23H17ClN4O4. The number of hydrogen-bond acceptors (Lipinski definition) is 5. The molecule has 1 aromatic heterocycles. The van der Waals surface area contributed by atoms with Crippen LogP contribution in [0.15, 0.2) is 77.0 Å². The van der Waals surface area contributed by atoms with Gasteiger partial charge in [0.1, 0.15) is 0 Å². The van der Waals surface area contributed by atoms with Crippen LogP contribution in [0.3, 0.4) is 0 Å². The van der Waals surface area contributed by atoms with Crippen LogP contribution < -0.4 is 5.32 Å². The lowest BCUT2D eigenvalue weighted by Gasteiger charge is -2.06. The minimum atomic E-state index is -1.08. The third-order valence-electron chi connectivity index (χ3n) is 4.74. The topological polar surface area (TPSA) is 127 Å². The van der Waals surface area contributed by atoms with E-state index in [-0.39, 0.29) is 23.0 Å². The molecule has 0 saturated carbocycles. The van der Waals surface area contributed by atoms with E-state index in [2.05, 4.69) is 20.5 Å². The van der Waals surface area contributed by atoms with Gasteiger partial charge < -0.3 is 20.5 Å². The second kappa shape index (κ2) is 8.91. The Morgan fingerprint density at radius 1 is 0.969 bits per heavy atom. The van der Waals surface area contributed by atoms with Crippen LogP contribution >= 0.6 is 11.6 Å². The van der Waals surface area contributed by atoms with E-state index >= 15 is 0 Å². The molecule has 0 unspecified atom stereocenters. The maximum Gasteiger partial charge on any atom is 0.335 e. The number of nitrogens with one attached hydrogen (secondary N) is 2. The predicted octanol–water partition coefficient (Wildman–Crippen LogP) is 5.57. The van der Waals surface area contributed by atoms with Crippen LogP contribution in [0.5, 0.6) is 5.88 Å². The van der Waals surface area contributed by atoms with E-state index < -0.39 is 5.97 Å². The van der Waals surface area contributed by atoms with E-state index in [4.69, 9.17) is 16.7 Å². The van der Waals surface area contributed by atoms with Gasteiger partial charge in [0.05, 0.1) is 16.8 Å². The van der Waals surface area contributed by atoms with Crippen molar-refractivity contribution in [1.82, 2.24) is 10.3 Å². The molecule has 9 heteroatoms. The number of amides is 1. The Morgan fingerprint density at radius 2 is 1.75 bits per heavy atom. The van der Waals surface area contributed by atoms with Gasteiger partial charge in [0.25, 0.3) is 5.91 Å². The summed E-state index contributed by atoms with van der Waals surface area (Å²) in [6, 6.07) is 18.0. The molecule has 3 aromatic carbocycles. The van der Waals surface area contributed by atoms with Crippen molar-refractivity contribution in [3.63, 3.8) is 0 Å². The van der Waals surface area contributed by atoms with Gasteiger partial charge in [0.15, 0.2) is 5.69 Å². The number of carbonyl (C=O) groups is 2. The summed E-state index contributed by atoms with van der Waals surface area (Å²) in [6.45, 7) is 0.332. The van der Waals surface area contributed by atoms with Crippen molar-refractivity contribution in [1.29, 1.82) is 0 Å². The standard InChI is InChI=1S/C23H17ClN4O4/c24-16-7-4-13(5-8-16)12-25-21(29)14-6-9-19-18(11-14)20(22(30)26-19)28-27-17-3-1-2-15(10-17)23(31)32/h1-11,26,30H,12H2,(H,25,29)(H,31,32). The Kier molecular flexibility index (Phi) is 5.87. The minimum Gasteiger partial charge on any atom is -0.493 e. The smallest absolute Gasteiger partial charge is 0.335 e. The largest absolute Gasteiger partial charge is 0.493 e. The maximum atomic E-state index is 12.6. The fraction of sp³-hybridized carbons (Fsp3) is 0.0435. The number of aromatic carboxylic acids is 1. The second-order valence-electron chi connectivity index (χ2n) is 6.95. The van der Waals surface area contributed by atoms with Gasteiger partial charge in [-0.3, -0.25) is 4.79 Å². The van der Waals surface area contributed by atoms with E-state index in [0.717, 1.165) is 5.56 Å². The van der Waals surface area contributed by atoms with Crippen molar-refractivity contribution in [2.45, 2.75) is 6.54 Å². The number of H-pyrrole nitrogens is 1. The Morgan fingerprint density at radius 3 is 2.50 bits per heavy atom. The fourth-order valence-electron chi connectivity index (χ4n) is 3.10. The highest BCUT2D eigenvalue weighted by Gasteiger charge is 2.14. The Hall–Kier alpha value is -4.17. The van der Waals surface area contributed by atoms with Gasteiger partial charge in [-0.1, -0.05) is 29.8 Å². The van der Waals surface area contributed by atoms with Crippen molar-refractivity contribution in [2.24, 2.45) is 10.2 Å². The van der Waals surface area contributed by atoms with Gasteiger partial charge in [-0.25, -0.2) is 4.79 Å². The highest BCUT2D eigenvalue weighted by Crippen LogP contribution is 2.36. The predicted molar refractivity (Wildman–Crippen MR) is 120 cm³/mol. The summed E-state index contributed by atoms with van der Waals surface area (Å²) >= 11 is 5.88. The number of nitrogens with zero attached hydrogens (tertiary/aromatic N) is 2. The van der Waals surface area contributed by atoms with Crippen LogP contribution in [0.2, 0.25) is 5.02 Å². The lowest BCUT2D eigenvalue weighted by molar-refractivity contribution is 0.0696. The highest BCUT2D eigenvalue weighted by atomic mass is 35.5. The van der Waals surface area contributed by atoms with Crippen LogP contribution in [0.4, 0.5) is 11.4 Å². The first-order valence-corrected chi connectivity index (χ1v) is 9.91. The van der Waals surface area contributed by atoms with Crippen LogP contribution in [0.25, 0.3) is 10.9 Å². The van der Waals surface area contributed by atoms with Gasteiger partial charge in [-0.15, -0.1) is 5.11 Å². The zero-order chi connectivity index (χ0) is 22.7. The first-order chi connectivity index (χ1) is 15.4. The molecule has 8 nitrogen and oxygen atoms in total. The summed E-state index contributed by atoms with van der Waals surface area (Å²) < 4.78 is 0. The van der Waals surface area contributed by atoms with Gasteiger partial charge in [-0.05, 0) is 54.1 Å². The van der Waals surface area contributed by atoms with Crippen LogP contribution in [0, 0.1) is 0 Å². The van der Waals surface area contributed by atoms with Crippen molar-refractivity contribution in [2.75, 3.05) is 0 Å². The second-order valence-corrected chi connectivity index (χ2v) is 7.38. The third-order valence-corrected chi connectivity index (χ3v) is 4.99. The lowest BCUT2D eigenvalue weighted by Crippen LogP contribution is -2.22. The molecule has 160 valence electrons. The summed E-state index contributed by atoms with van der Waals surface area (Å²) in [5.74, 6) is -1.58. The summed E-state index contributed by atoms with van der Waals surface area (Å²) in [5.41, 5.74) is 2.40. The summed E-state index contributed by atoms with van der Waals surface area (Å²) in [7, 11) is 0. The van der Waals surface area contributed by atoms with Crippen LogP contribution in [-0.2, 0) is 6.54 Å². The van der Waals surface area contributed by atoms with E-state index in [1.165, 1.54) is 12.1 Å². The van der Waals surface area contributed by atoms with Crippen LogP contribution in [0.1, 0.15) is 26.3 Å². The molecule has 0 aliphatic carbocycles. The van der Waals surface area contributed by atoms with Crippen molar-refractivity contribution >= 4 is 45.8 Å². The molecule has 0 aliphatic rings. The zero-order valence-electron chi connectivity index (χ0n) is 16.5. The lowest BCUT2D eigenvalue weighted by atomic mass is 10.1. The fourth-order valence-corrected chi connectivity index (χ4v) is 3.23. The monoisotopic (exact) mass is 448 g/mol. The minimum absolute atomic E-state index is 0.0734. The summed E-state index contributed by atoms with van der Waals surface area (Å²) in [5, 5.41) is 31.4. The van der Waals surface area contributed by atoms with Crippen molar-refractivity contribution < 1.29 is 19.8 Å². The highest BCUT2D eigenvalue weighted by molar-refractivity contribution is 6.30. The Labute approximate surface area is 187 Å². The molecular weight excluding hydrogens is 432 g/mol. The first-order valence-electron chi connectivity index (χ1n) is 9.53. The van der Waals surface area contributed by atoms with Crippen molar-refractivity contribution in [3.05, 3.63) is 88.4 Å². The van der Waals surface area contributed by atoms with Gasteiger partial charge in [0, 0.05) is 22.5 Å². The number of halogens is 1. The first kappa shape index (κ1) is 21.1. The number of fused-ring (bicyclic) bond motifs is 1. The molecule has 1 heterocycles. The van der Waals surface area contributed by atoms with E-state index in [1.54, 1.807) is 42.5 Å². The maximum absolute atomic E-state index is 12.6. The number of aromatic amines is 1. The molecule has 0 saturated heterocycles. The van der Waals surface area contributed by atoms with E-state index in [1.807, 2.05) is 12.1 Å². The molecule has 1 amide bonds. The number of carboxylic acids is 1. The molecule has 32 heavy (non-hydrogen) atoms. The van der Waals surface area contributed by atoms with Gasteiger partial charge in [0.2, 0.25) is 5.88 Å². The number of carboxylic acid groups (broad SMARTS) is 1. The molecule has 0 bridgehead atoms. The van der Waals surface area contributed by atoms with E-state index in [9.17, 15) is 14.7 Å². The normalized spacial score (nSPS) is 11.2. The summed E-state index contributed by atoms with van der Waals surface area (Å²) in [6.07, 6.45) is 0. The molecule has 0 spiro atoms. The average molecular weight is 449 g/mol. The molecule has 4 rings (SSSR count).